The highest BCUT2D eigenvalue weighted by Crippen LogP contribution is 2.20. The van der Waals surface area contributed by atoms with E-state index in [9.17, 15) is 0 Å². The lowest BCUT2D eigenvalue weighted by atomic mass is 10.2. The van der Waals surface area contributed by atoms with E-state index >= 15 is 0 Å². The quantitative estimate of drug-likeness (QED) is 0.762. The molecular weight excluding hydrogens is 236 g/mol. The van der Waals surface area contributed by atoms with Crippen molar-refractivity contribution in [2.75, 3.05) is 0 Å². The average molecular weight is 251 g/mol. The maximum Gasteiger partial charge on any atom is 0.124 e. The molecule has 0 N–H and O–H groups in total. The Kier molecular flexibility index (Phi) is 4.04. The van der Waals surface area contributed by atoms with Crippen LogP contribution in [0.5, 0.6) is 5.75 Å². The summed E-state index contributed by atoms with van der Waals surface area (Å²) in [6.45, 7) is 3.45. The van der Waals surface area contributed by atoms with E-state index in [4.69, 9.17) is 16.3 Å². The van der Waals surface area contributed by atoms with Crippen LogP contribution in [0.2, 0.25) is 0 Å². The van der Waals surface area contributed by atoms with Crippen molar-refractivity contribution in [1.82, 2.24) is 9.78 Å². The monoisotopic (exact) mass is 250 g/mol. The number of hydrogen-bond donors (Lipinski definition) is 0. The van der Waals surface area contributed by atoms with Gasteiger partial charge in [0, 0.05) is 23.9 Å². The molecule has 0 fully saturated rings. The zero-order valence-corrected chi connectivity index (χ0v) is 10.5. The maximum absolute atomic E-state index is 5.84. The molecule has 0 unspecified atom stereocenters. The van der Waals surface area contributed by atoms with Crippen LogP contribution in [-0.4, -0.2) is 9.78 Å². The number of ether oxygens (including phenoxy) is 1. The molecule has 0 atom stereocenters. The van der Waals surface area contributed by atoms with Crippen LogP contribution in [-0.2, 0) is 19.0 Å². The molecule has 4 heteroatoms. The van der Waals surface area contributed by atoms with Gasteiger partial charge in [0.2, 0.25) is 0 Å². The fourth-order valence-electron chi connectivity index (χ4n) is 1.57. The first-order chi connectivity index (χ1) is 8.33. The normalized spacial score (nSPS) is 10.5. The summed E-state index contributed by atoms with van der Waals surface area (Å²) in [5, 5.41) is 4.20. The highest BCUT2D eigenvalue weighted by Gasteiger charge is 2.03. The number of nitrogens with zero attached hydrogens (tertiary/aromatic N) is 2. The second-order valence-corrected chi connectivity index (χ2v) is 4.00. The number of alkyl halides is 1. The Morgan fingerprint density at radius 2 is 2.18 bits per heavy atom. The van der Waals surface area contributed by atoms with E-state index in [1.165, 1.54) is 0 Å². The summed E-state index contributed by atoms with van der Waals surface area (Å²) >= 11 is 5.84. The molecule has 1 aromatic heterocycles. The molecule has 0 radical (unpaired) electrons. The van der Waals surface area contributed by atoms with Crippen LogP contribution >= 0.6 is 11.6 Å². The summed E-state index contributed by atoms with van der Waals surface area (Å²) in [6.07, 6.45) is 3.82. The fraction of sp³-hybridized carbons (Fsp3) is 0.308. The Balaban J connectivity index is 2.01. The standard InChI is InChI=1S/C13H15ClN2O/c1-2-16-9-11(8-15-16)10-17-13-6-4-3-5-12(13)7-14/h3-6,8-9H,2,7,10H2,1H3. The fourth-order valence-corrected chi connectivity index (χ4v) is 1.79. The lowest BCUT2D eigenvalue weighted by Gasteiger charge is -2.08. The van der Waals surface area contributed by atoms with Gasteiger partial charge in [-0.05, 0) is 13.0 Å². The summed E-state index contributed by atoms with van der Waals surface area (Å²) < 4.78 is 7.62. The van der Waals surface area contributed by atoms with Crippen molar-refractivity contribution in [2.24, 2.45) is 0 Å². The van der Waals surface area contributed by atoms with Crippen molar-refractivity contribution in [3.63, 3.8) is 0 Å². The van der Waals surface area contributed by atoms with Gasteiger partial charge in [-0.3, -0.25) is 4.68 Å². The molecule has 0 bridgehead atoms. The van der Waals surface area contributed by atoms with E-state index in [2.05, 4.69) is 12.0 Å². The van der Waals surface area contributed by atoms with Crippen molar-refractivity contribution in [3.05, 3.63) is 47.8 Å². The Hall–Kier alpha value is -1.48. The third-order valence-corrected chi connectivity index (χ3v) is 2.81. The van der Waals surface area contributed by atoms with Gasteiger partial charge in [-0.25, -0.2) is 0 Å². The van der Waals surface area contributed by atoms with E-state index in [1.807, 2.05) is 41.3 Å². The van der Waals surface area contributed by atoms with E-state index in [1.54, 1.807) is 0 Å². The summed E-state index contributed by atoms with van der Waals surface area (Å²) in [5.74, 6) is 1.30. The van der Waals surface area contributed by atoms with Gasteiger partial charge in [0.05, 0.1) is 12.1 Å². The largest absolute Gasteiger partial charge is 0.488 e. The Labute approximate surface area is 106 Å². The van der Waals surface area contributed by atoms with Gasteiger partial charge in [-0.2, -0.15) is 5.10 Å². The van der Waals surface area contributed by atoms with Crippen molar-refractivity contribution in [2.45, 2.75) is 26.0 Å². The highest BCUT2D eigenvalue weighted by molar-refractivity contribution is 6.17. The van der Waals surface area contributed by atoms with Crippen LogP contribution < -0.4 is 4.74 Å². The molecule has 0 saturated heterocycles. The first kappa shape index (κ1) is 12.0. The molecular formula is C13H15ClN2O. The molecule has 0 spiro atoms. The van der Waals surface area contributed by atoms with Crippen molar-refractivity contribution in [3.8, 4) is 5.75 Å². The van der Waals surface area contributed by atoms with Gasteiger partial charge in [0.1, 0.15) is 12.4 Å². The molecule has 0 amide bonds. The number of aryl methyl sites for hydroxylation is 1. The summed E-state index contributed by atoms with van der Waals surface area (Å²) in [4.78, 5) is 0. The zero-order valence-electron chi connectivity index (χ0n) is 9.77. The van der Waals surface area contributed by atoms with Crippen molar-refractivity contribution >= 4 is 11.6 Å². The minimum absolute atomic E-state index is 0.463. The molecule has 0 aliphatic heterocycles. The van der Waals surface area contributed by atoms with Crippen molar-refractivity contribution < 1.29 is 4.74 Å². The van der Waals surface area contributed by atoms with Crippen LogP contribution in [0.1, 0.15) is 18.1 Å². The van der Waals surface area contributed by atoms with Crippen molar-refractivity contribution in [1.29, 1.82) is 0 Å². The minimum Gasteiger partial charge on any atom is -0.488 e. The molecule has 1 heterocycles. The molecule has 0 aliphatic carbocycles. The number of benzene rings is 1. The van der Waals surface area contributed by atoms with Gasteiger partial charge in [-0.15, -0.1) is 11.6 Å². The molecule has 17 heavy (non-hydrogen) atoms. The lowest BCUT2D eigenvalue weighted by molar-refractivity contribution is 0.303. The minimum atomic E-state index is 0.463. The highest BCUT2D eigenvalue weighted by atomic mass is 35.5. The molecule has 3 nitrogen and oxygen atoms in total. The third kappa shape index (κ3) is 3.01. The van der Waals surface area contributed by atoms with Crippen LogP contribution in [0.15, 0.2) is 36.7 Å². The summed E-state index contributed by atoms with van der Waals surface area (Å²) in [5.41, 5.74) is 2.08. The average Bonchev–Trinajstić information content (AvgIpc) is 2.84. The van der Waals surface area contributed by atoms with Gasteiger partial charge in [-0.1, -0.05) is 18.2 Å². The number of aromatic nitrogens is 2. The van der Waals surface area contributed by atoms with Gasteiger partial charge < -0.3 is 4.74 Å². The number of hydrogen-bond acceptors (Lipinski definition) is 2. The third-order valence-electron chi connectivity index (χ3n) is 2.52. The predicted octanol–water partition coefficient (Wildman–Crippen LogP) is 3.22. The first-order valence-electron chi connectivity index (χ1n) is 5.61. The molecule has 90 valence electrons. The van der Waals surface area contributed by atoms with E-state index in [0.29, 0.717) is 12.5 Å². The van der Waals surface area contributed by atoms with Gasteiger partial charge >= 0.3 is 0 Å². The van der Waals surface area contributed by atoms with Crippen LogP contribution in [0.3, 0.4) is 0 Å². The first-order valence-corrected chi connectivity index (χ1v) is 6.15. The Morgan fingerprint density at radius 1 is 1.35 bits per heavy atom. The van der Waals surface area contributed by atoms with Crippen LogP contribution in [0, 0.1) is 0 Å². The summed E-state index contributed by atoms with van der Waals surface area (Å²) in [7, 11) is 0. The second kappa shape index (κ2) is 5.73. The smallest absolute Gasteiger partial charge is 0.124 e. The van der Waals surface area contributed by atoms with Gasteiger partial charge in [0.25, 0.3) is 0 Å². The Morgan fingerprint density at radius 3 is 2.88 bits per heavy atom. The second-order valence-electron chi connectivity index (χ2n) is 3.73. The summed E-state index contributed by atoms with van der Waals surface area (Å²) in [6, 6.07) is 7.81. The SMILES string of the molecule is CCn1cc(COc2ccccc2CCl)cn1. The van der Waals surface area contributed by atoms with Gasteiger partial charge in [0.15, 0.2) is 0 Å². The van der Waals surface area contributed by atoms with E-state index in [-0.39, 0.29) is 0 Å². The Bertz CT molecular complexity index is 482. The topological polar surface area (TPSA) is 27.1 Å². The molecule has 1 aromatic carbocycles. The molecule has 0 saturated carbocycles. The molecule has 0 aliphatic rings. The van der Waals surface area contributed by atoms with Crippen LogP contribution in [0.4, 0.5) is 0 Å². The molecule has 2 rings (SSSR count). The number of rotatable bonds is 5. The maximum atomic E-state index is 5.84. The lowest BCUT2D eigenvalue weighted by Crippen LogP contribution is -1.97. The predicted molar refractivity (Wildman–Crippen MR) is 68.2 cm³/mol. The number of halogens is 1. The zero-order chi connectivity index (χ0) is 12.1. The van der Waals surface area contributed by atoms with E-state index in [0.717, 1.165) is 23.4 Å². The number of para-hydroxylation sites is 1. The molecule has 2 aromatic rings. The van der Waals surface area contributed by atoms with E-state index < -0.39 is 0 Å². The van der Waals surface area contributed by atoms with Crippen LogP contribution in [0.25, 0.3) is 0 Å².